The van der Waals surface area contributed by atoms with Gasteiger partial charge in [0.05, 0.1) is 10.5 Å². The number of pyridine rings is 1. The Hall–Kier alpha value is -2.14. The predicted octanol–water partition coefficient (Wildman–Crippen LogP) is 2.29. The lowest BCUT2D eigenvalue weighted by molar-refractivity contribution is -0.123. The van der Waals surface area contributed by atoms with Crippen molar-refractivity contribution >= 4 is 34.3 Å². The number of piperidine rings is 1. The molecule has 2 aromatic rings. The van der Waals surface area contributed by atoms with Gasteiger partial charge in [-0.15, -0.1) is 0 Å². The van der Waals surface area contributed by atoms with Gasteiger partial charge in [-0.2, -0.15) is 0 Å². The molecule has 1 aromatic heterocycles. The Morgan fingerprint density at radius 3 is 3.05 bits per heavy atom. The number of para-hydroxylation sites is 1. The molecule has 22 heavy (non-hydrogen) atoms. The second-order valence-corrected chi connectivity index (χ2v) is 5.78. The van der Waals surface area contributed by atoms with Gasteiger partial charge in [-0.25, -0.2) is 4.98 Å². The predicted molar refractivity (Wildman–Crippen MR) is 84.9 cm³/mol. The van der Waals surface area contributed by atoms with Gasteiger partial charge in [0, 0.05) is 24.4 Å². The van der Waals surface area contributed by atoms with Crippen LogP contribution in [0.2, 0.25) is 5.02 Å². The van der Waals surface area contributed by atoms with E-state index >= 15 is 0 Å². The first-order chi connectivity index (χ1) is 10.6. The van der Waals surface area contributed by atoms with Crippen LogP contribution in [-0.4, -0.2) is 29.4 Å². The first-order valence-corrected chi connectivity index (χ1v) is 7.64. The first kappa shape index (κ1) is 14.8. The number of fused-ring (bicyclic) bond motifs is 1. The summed E-state index contributed by atoms with van der Waals surface area (Å²) in [6.45, 7) is 0.400. The molecule has 1 aromatic carbocycles. The zero-order valence-corrected chi connectivity index (χ0v) is 12.7. The lowest BCUT2D eigenvalue weighted by Crippen LogP contribution is -2.46. The van der Waals surface area contributed by atoms with Crippen molar-refractivity contribution in [1.82, 2.24) is 15.6 Å². The number of amides is 2. The van der Waals surface area contributed by atoms with Crippen molar-refractivity contribution in [2.45, 2.75) is 25.3 Å². The van der Waals surface area contributed by atoms with Crippen molar-refractivity contribution < 1.29 is 9.59 Å². The third-order valence-electron chi connectivity index (χ3n) is 3.73. The lowest BCUT2D eigenvalue weighted by atomic mass is 10.0. The van der Waals surface area contributed by atoms with Crippen molar-refractivity contribution in [3.8, 4) is 0 Å². The van der Waals surface area contributed by atoms with Crippen molar-refractivity contribution in [2.75, 3.05) is 6.54 Å². The highest BCUT2D eigenvalue weighted by molar-refractivity contribution is 6.35. The van der Waals surface area contributed by atoms with E-state index in [1.165, 1.54) is 0 Å². The molecular weight excluding hydrogens is 302 g/mol. The average molecular weight is 318 g/mol. The third-order valence-corrected chi connectivity index (χ3v) is 4.04. The van der Waals surface area contributed by atoms with Crippen LogP contribution in [0.5, 0.6) is 0 Å². The summed E-state index contributed by atoms with van der Waals surface area (Å²) in [5.74, 6) is -0.246. The molecule has 0 spiro atoms. The van der Waals surface area contributed by atoms with Gasteiger partial charge in [0.1, 0.15) is 5.69 Å². The van der Waals surface area contributed by atoms with Gasteiger partial charge in [-0.1, -0.05) is 29.8 Å². The van der Waals surface area contributed by atoms with Gasteiger partial charge in [-0.3, -0.25) is 9.59 Å². The highest BCUT2D eigenvalue weighted by Crippen LogP contribution is 2.22. The normalized spacial score (nSPS) is 18.0. The minimum absolute atomic E-state index is 0.0128. The van der Waals surface area contributed by atoms with E-state index < -0.39 is 0 Å². The van der Waals surface area contributed by atoms with Crippen LogP contribution in [0.15, 0.2) is 30.3 Å². The average Bonchev–Trinajstić information content (AvgIpc) is 2.52. The second kappa shape index (κ2) is 6.32. The number of nitrogens with one attached hydrogen (secondary N) is 2. The molecule has 1 atom stereocenters. The minimum Gasteiger partial charge on any atom is -0.352 e. The molecule has 1 aliphatic heterocycles. The van der Waals surface area contributed by atoms with Gasteiger partial charge in [0.25, 0.3) is 5.91 Å². The molecule has 0 saturated carbocycles. The van der Waals surface area contributed by atoms with Crippen LogP contribution in [0.25, 0.3) is 10.9 Å². The number of hydrogen-bond acceptors (Lipinski definition) is 3. The molecule has 0 radical (unpaired) electrons. The Kier molecular flexibility index (Phi) is 4.24. The van der Waals surface area contributed by atoms with Crippen molar-refractivity contribution in [3.63, 3.8) is 0 Å². The molecule has 0 unspecified atom stereocenters. The van der Waals surface area contributed by atoms with E-state index in [9.17, 15) is 9.59 Å². The molecule has 1 saturated heterocycles. The molecule has 5 nitrogen and oxygen atoms in total. The minimum atomic E-state index is -0.285. The van der Waals surface area contributed by atoms with Crippen molar-refractivity contribution in [3.05, 3.63) is 41.0 Å². The highest BCUT2D eigenvalue weighted by Gasteiger charge is 2.19. The van der Waals surface area contributed by atoms with E-state index in [1.807, 2.05) is 24.3 Å². The summed E-state index contributed by atoms with van der Waals surface area (Å²) in [7, 11) is 0. The molecule has 1 aliphatic rings. The maximum absolute atomic E-state index is 12.2. The molecule has 2 amide bonds. The van der Waals surface area contributed by atoms with E-state index in [-0.39, 0.29) is 23.6 Å². The van der Waals surface area contributed by atoms with E-state index in [2.05, 4.69) is 15.6 Å². The molecular formula is C16H16ClN3O2. The van der Waals surface area contributed by atoms with Crippen molar-refractivity contribution in [1.29, 1.82) is 0 Å². The largest absolute Gasteiger partial charge is 0.352 e. The Labute approximate surface area is 133 Å². The molecule has 0 aliphatic carbocycles. The molecule has 2 N–H and O–H groups in total. The van der Waals surface area contributed by atoms with Crippen LogP contribution in [0, 0.1) is 0 Å². The van der Waals surface area contributed by atoms with Crippen LogP contribution in [0.3, 0.4) is 0 Å². The highest BCUT2D eigenvalue weighted by atomic mass is 35.5. The Morgan fingerprint density at radius 2 is 2.23 bits per heavy atom. The smallest absolute Gasteiger partial charge is 0.270 e. The fraction of sp³-hybridized carbons (Fsp3) is 0.312. The lowest BCUT2D eigenvalue weighted by Gasteiger charge is -2.23. The summed E-state index contributed by atoms with van der Waals surface area (Å²) in [5, 5.41) is 6.99. The quantitative estimate of drug-likeness (QED) is 0.912. The topological polar surface area (TPSA) is 71.1 Å². The molecule has 1 fully saturated rings. The zero-order valence-electron chi connectivity index (χ0n) is 11.9. The molecule has 3 rings (SSSR count). The third kappa shape index (κ3) is 3.20. The van der Waals surface area contributed by atoms with Crippen molar-refractivity contribution in [2.24, 2.45) is 0 Å². The van der Waals surface area contributed by atoms with Gasteiger partial charge >= 0.3 is 0 Å². The van der Waals surface area contributed by atoms with Crippen LogP contribution >= 0.6 is 11.6 Å². The Bertz CT molecular complexity index is 732. The monoisotopic (exact) mass is 317 g/mol. The number of carbonyl (C=O) groups excluding carboxylic acids is 2. The maximum Gasteiger partial charge on any atom is 0.270 e. The molecule has 114 valence electrons. The van der Waals surface area contributed by atoms with E-state index in [1.54, 1.807) is 6.07 Å². The number of hydrogen-bond donors (Lipinski definition) is 2. The van der Waals surface area contributed by atoms with Gasteiger partial charge in [0.15, 0.2) is 0 Å². The van der Waals surface area contributed by atoms with E-state index in [0.29, 0.717) is 23.5 Å². The number of carbonyl (C=O) groups is 2. The summed E-state index contributed by atoms with van der Waals surface area (Å²) >= 11 is 6.20. The number of benzene rings is 1. The van der Waals surface area contributed by atoms with E-state index in [4.69, 9.17) is 11.6 Å². The van der Waals surface area contributed by atoms with Crippen LogP contribution in [-0.2, 0) is 4.79 Å². The fourth-order valence-electron chi connectivity index (χ4n) is 2.59. The molecule has 0 bridgehead atoms. The summed E-state index contributed by atoms with van der Waals surface area (Å²) in [5.41, 5.74) is 0.969. The summed E-state index contributed by atoms with van der Waals surface area (Å²) < 4.78 is 0. The number of aromatic nitrogens is 1. The fourth-order valence-corrected chi connectivity index (χ4v) is 2.85. The second-order valence-electron chi connectivity index (χ2n) is 5.37. The standard InChI is InChI=1S/C16H16ClN3O2/c17-12-8-14(20-13-6-2-1-5-11(12)13)16(22)18-9-10-4-3-7-15(21)19-10/h1-2,5-6,8,10H,3-4,7,9H2,(H,18,22)(H,19,21)/t10-/m1/s1. The number of nitrogens with zero attached hydrogens (tertiary/aromatic N) is 1. The Balaban J connectivity index is 1.71. The Morgan fingerprint density at radius 1 is 1.41 bits per heavy atom. The van der Waals surface area contributed by atoms with Gasteiger partial charge in [-0.05, 0) is 25.0 Å². The summed E-state index contributed by atoms with van der Waals surface area (Å²) in [4.78, 5) is 27.9. The number of halogens is 1. The van der Waals surface area contributed by atoms with Crippen LogP contribution in [0.1, 0.15) is 29.8 Å². The van der Waals surface area contributed by atoms with Crippen LogP contribution < -0.4 is 10.6 Å². The zero-order chi connectivity index (χ0) is 15.5. The first-order valence-electron chi connectivity index (χ1n) is 7.26. The van der Waals surface area contributed by atoms with Gasteiger partial charge in [0.2, 0.25) is 5.91 Å². The maximum atomic E-state index is 12.2. The summed E-state index contributed by atoms with van der Waals surface area (Å²) in [6.07, 6.45) is 2.29. The number of rotatable bonds is 3. The van der Waals surface area contributed by atoms with Crippen LogP contribution in [0.4, 0.5) is 0 Å². The summed E-state index contributed by atoms with van der Waals surface area (Å²) in [6, 6.07) is 8.97. The molecule has 6 heteroatoms. The molecule has 2 heterocycles. The van der Waals surface area contributed by atoms with E-state index in [0.717, 1.165) is 18.2 Å². The SMILES string of the molecule is O=C1CCC[C@H](CNC(=O)c2cc(Cl)c3ccccc3n2)N1. The van der Waals surface area contributed by atoms with Gasteiger partial charge < -0.3 is 10.6 Å².